The minimum atomic E-state index is 0.479. The summed E-state index contributed by atoms with van der Waals surface area (Å²) >= 11 is 3.87. The van der Waals surface area contributed by atoms with Crippen LogP contribution in [0, 0.1) is 0 Å². The van der Waals surface area contributed by atoms with Crippen LogP contribution >= 0.6 is 23.5 Å². The maximum Gasteiger partial charge on any atom is 0.0943 e. The molecule has 0 aliphatic carbocycles. The predicted molar refractivity (Wildman–Crippen MR) is 56.4 cm³/mol. The van der Waals surface area contributed by atoms with E-state index in [-0.39, 0.29) is 0 Å². The van der Waals surface area contributed by atoms with Crippen molar-refractivity contribution >= 4 is 28.6 Å². The Bertz CT molecular complexity index is 156. The molecule has 1 aliphatic rings. The zero-order chi connectivity index (χ0) is 8.27. The predicted octanol–water partition coefficient (Wildman–Crippen LogP) is 3.36. The van der Waals surface area contributed by atoms with Crippen LogP contribution in [-0.2, 0) is 0 Å². The van der Waals surface area contributed by atoms with Crippen molar-refractivity contribution in [2.75, 3.05) is 0 Å². The lowest BCUT2D eigenvalue weighted by Crippen LogP contribution is -2.11. The molecule has 0 aromatic carbocycles. The van der Waals surface area contributed by atoms with E-state index in [1.165, 1.54) is 17.9 Å². The standard InChI is InChI=1S/C8H15NS2/c1-4-5-8-9-6(2)10-7(3)11-8/h6-7H,4-5H2,1-3H3. The monoisotopic (exact) mass is 189 g/mol. The molecule has 0 bridgehead atoms. The Hall–Kier alpha value is 0.370. The van der Waals surface area contributed by atoms with Gasteiger partial charge in [-0.25, -0.2) is 0 Å². The molecule has 1 heterocycles. The van der Waals surface area contributed by atoms with Crippen LogP contribution < -0.4 is 0 Å². The molecule has 11 heavy (non-hydrogen) atoms. The van der Waals surface area contributed by atoms with Crippen molar-refractivity contribution < 1.29 is 0 Å². The molecular weight excluding hydrogens is 174 g/mol. The van der Waals surface area contributed by atoms with Gasteiger partial charge in [0, 0.05) is 0 Å². The summed E-state index contributed by atoms with van der Waals surface area (Å²) in [5.41, 5.74) is 0. The second-order valence-electron chi connectivity index (χ2n) is 2.69. The fourth-order valence-corrected chi connectivity index (χ4v) is 3.87. The largest absolute Gasteiger partial charge is 0.269 e. The number of rotatable bonds is 2. The lowest BCUT2D eigenvalue weighted by molar-refractivity contribution is 0.968. The van der Waals surface area contributed by atoms with Gasteiger partial charge in [-0.15, -0.1) is 11.8 Å². The van der Waals surface area contributed by atoms with Gasteiger partial charge in [-0.3, -0.25) is 4.99 Å². The van der Waals surface area contributed by atoms with Crippen LogP contribution in [0.2, 0.25) is 0 Å². The maximum atomic E-state index is 4.56. The Labute approximate surface area is 77.4 Å². The molecule has 0 aromatic rings. The number of hydrogen-bond donors (Lipinski definition) is 0. The minimum Gasteiger partial charge on any atom is -0.269 e. The van der Waals surface area contributed by atoms with Crippen LogP contribution in [0.5, 0.6) is 0 Å². The third-order valence-electron chi connectivity index (χ3n) is 1.48. The Kier molecular flexibility index (Phi) is 3.79. The van der Waals surface area contributed by atoms with Gasteiger partial charge in [-0.2, -0.15) is 0 Å². The third kappa shape index (κ3) is 3.08. The number of thioether (sulfide) groups is 2. The molecule has 0 N–H and O–H groups in total. The van der Waals surface area contributed by atoms with E-state index in [1.807, 2.05) is 23.5 Å². The number of aliphatic imine (C=N–C) groups is 1. The van der Waals surface area contributed by atoms with Crippen molar-refractivity contribution in [2.24, 2.45) is 4.99 Å². The SMILES string of the molecule is CCCC1=NC(C)SC(C)S1. The van der Waals surface area contributed by atoms with Crippen molar-refractivity contribution in [3.05, 3.63) is 0 Å². The maximum absolute atomic E-state index is 4.56. The van der Waals surface area contributed by atoms with Gasteiger partial charge in [0.1, 0.15) is 0 Å². The van der Waals surface area contributed by atoms with Crippen LogP contribution in [0.1, 0.15) is 33.6 Å². The Morgan fingerprint density at radius 3 is 2.73 bits per heavy atom. The molecule has 0 fully saturated rings. The van der Waals surface area contributed by atoms with Gasteiger partial charge >= 0.3 is 0 Å². The van der Waals surface area contributed by atoms with E-state index in [1.54, 1.807) is 0 Å². The normalized spacial score (nSPS) is 31.7. The van der Waals surface area contributed by atoms with Gasteiger partial charge in [0.05, 0.1) is 15.0 Å². The first-order valence-corrected chi connectivity index (χ1v) is 5.93. The molecule has 64 valence electrons. The molecule has 1 rings (SSSR count). The first kappa shape index (κ1) is 9.46. The van der Waals surface area contributed by atoms with Gasteiger partial charge in [0.15, 0.2) is 0 Å². The van der Waals surface area contributed by atoms with E-state index in [9.17, 15) is 0 Å². The summed E-state index contributed by atoms with van der Waals surface area (Å²) in [5, 5.41) is 1.83. The highest BCUT2D eigenvalue weighted by atomic mass is 32.2. The Morgan fingerprint density at radius 1 is 1.45 bits per heavy atom. The zero-order valence-corrected chi connectivity index (χ0v) is 8.97. The average molecular weight is 189 g/mol. The molecule has 0 spiro atoms. The lowest BCUT2D eigenvalue weighted by Gasteiger charge is -2.21. The van der Waals surface area contributed by atoms with E-state index >= 15 is 0 Å². The second-order valence-corrected chi connectivity index (χ2v) is 6.07. The van der Waals surface area contributed by atoms with E-state index in [2.05, 4.69) is 25.8 Å². The summed E-state index contributed by atoms with van der Waals surface area (Å²) in [6.45, 7) is 6.65. The highest BCUT2D eigenvalue weighted by Gasteiger charge is 2.17. The summed E-state index contributed by atoms with van der Waals surface area (Å²) in [5.74, 6) is 0. The first-order chi connectivity index (χ1) is 5.22. The molecular formula is C8H15NS2. The van der Waals surface area contributed by atoms with Gasteiger partial charge < -0.3 is 0 Å². The summed E-state index contributed by atoms with van der Waals surface area (Å²) in [4.78, 5) is 4.56. The molecule has 0 saturated carbocycles. The van der Waals surface area contributed by atoms with Gasteiger partial charge in [0.2, 0.25) is 0 Å². The lowest BCUT2D eigenvalue weighted by atomic mass is 10.4. The summed E-state index contributed by atoms with van der Waals surface area (Å²) in [6.07, 6.45) is 2.38. The van der Waals surface area contributed by atoms with Crippen LogP contribution in [0.4, 0.5) is 0 Å². The van der Waals surface area contributed by atoms with Gasteiger partial charge in [-0.05, 0) is 20.3 Å². The molecule has 0 aromatic heterocycles. The highest BCUT2D eigenvalue weighted by molar-refractivity contribution is 8.25. The first-order valence-electron chi connectivity index (χ1n) is 4.11. The van der Waals surface area contributed by atoms with Crippen molar-refractivity contribution in [1.82, 2.24) is 0 Å². The molecule has 1 aliphatic heterocycles. The van der Waals surface area contributed by atoms with E-state index < -0.39 is 0 Å². The van der Waals surface area contributed by atoms with Crippen LogP contribution in [0.15, 0.2) is 4.99 Å². The summed E-state index contributed by atoms with van der Waals surface area (Å²) in [7, 11) is 0. The van der Waals surface area contributed by atoms with E-state index in [4.69, 9.17) is 0 Å². The topological polar surface area (TPSA) is 12.4 Å². The molecule has 0 saturated heterocycles. The van der Waals surface area contributed by atoms with E-state index in [0.717, 1.165) is 0 Å². The average Bonchev–Trinajstić information content (AvgIpc) is 1.85. The molecule has 2 atom stereocenters. The molecule has 0 amide bonds. The Balaban J connectivity index is 2.49. The molecule has 0 radical (unpaired) electrons. The van der Waals surface area contributed by atoms with Crippen molar-refractivity contribution in [3.63, 3.8) is 0 Å². The van der Waals surface area contributed by atoms with E-state index in [0.29, 0.717) is 9.96 Å². The van der Waals surface area contributed by atoms with Crippen LogP contribution in [0.3, 0.4) is 0 Å². The summed E-state index contributed by atoms with van der Waals surface area (Å²) in [6, 6.07) is 0. The second kappa shape index (κ2) is 4.41. The molecule has 1 nitrogen and oxygen atoms in total. The summed E-state index contributed by atoms with van der Waals surface area (Å²) < 4.78 is 0.698. The van der Waals surface area contributed by atoms with Crippen molar-refractivity contribution in [1.29, 1.82) is 0 Å². The number of nitrogens with zero attached hydrogens (tertiary/aromatic N) is 1. The van der Waals surface area contributed by atoms with Crippen molar-refractivity contribution in [2.45, 2.75) is 43.6 Å². The molecule has 2 unspecified atom stereocenters. The van der Waals surface area contributed by atoms with Crippen LogP contribution in [-0.4, -0.2) is 15.0 Å². The smallest absolute Gasteiger partial charge is 0.0943 e. The highest BCUT2D eigenvalue weighted by Crippen LogP contribution is 2.34. The number of hydrogen-bond acceptors (Lipinski definition) is 3. The molecule has 3 heteroatoms. The van der Waals surface area contributed by atoms with Crippen molar-refractivity contribution in [3.8, 4) is 0 Å². The zero-order valence-electron chi connectivity index (χ0n) is 7.33. The minimum absolute atomic E-state index is 0.479. The quantitative estimate of drug-likeness (QED) is 0.660. The fourth-order valence-electron chi connectivity index (χ4n) is 1.10. The Morgan fingerprint density at radius 2 is 2.18 bits per heavy atom. The van der Waals surface area contributed by atoms with Gasteiger partial charge in [-0.1, -0.05) is 25.1 Å². The van der Waals surface area contributed by atoms with Crippen LogP contribution in [0.25, 0.3) is 0 Å². The van der Waals surface area contributed by atoms with Gasteiger partial charge in [0.25, 0.3) is 0 Å². The fraction of sp³-hybridized carbons (Fsp3) is 0.875. The third-order valence-corrected chi connectivity index (χ3v) is 3.90.